The average molecular weight is 257 g/mol. The van der Waals surface area contributed by atoms with Crippen LogP contribution in [0, 0.1) is 0 Å². The summed E-state index contributed by atoms with van der Waals surface area (Å²) in [6.07, 6.45) is 0.569. The summed E-state index contributed by atoms with van der Waals surface area (Å²) < 4.78 is 36.6. The highest BCUT2D eigenvalue weighted by molar-refractivity contribution is 7.93. The SMILES string of the molecule is CCC(C)S(=O)(=O)Nc1ccc2c(c1)OCO2. The van der Waals surface area contributed by atoms with Crippen molar-refractivity contribution in [1.82, 2.24) is 0 Å². The van der Waals surface area contributed by atoms with E-state index in [4.69, 9.17) is 9.47 Å². The largest absolute Gasteiger partial charge is 0.454 e. The Morgan fingerprint density at radius 2 is 2.06 bits per heavy atom. The Kier molecular flexibility index (Phi) is 3.15. The number of benzene rings is 1. The fourth-order valence-corrected chi connectivity index (χ4v) is 2.54. The summed E-state index contributed by atoms with van der Waals surface area (Å²) >= 11 is 0. The zero-order valence-corrected chi connectivity index (χ0v) is 10.6. The van der Waals surface area contributed by atoms with Gasteiger partial charge in [-0.15, -0.1) is 0 Å². The molecule has 0 radical (unpaired) electrons. The second-order valence-electron chi connectivity index (χ2n) is 3.93. The van der Waals surface area contributed by atoms with Gasteiger partial charge in [0.25, 0.3) is 0 Å². The summed E-state index contributed by atoms with van der Waals surface area (Å²) in [5.41, 5.74) is 0.495. The molecule has 0 aromatic heterocycles. The van der Waals surface area contributed by atoms with Crippen LogP contribution in [-0.4, -0.2) is 20.5 Å². The van der Waals surface area contributed by atoms with Gasteiger partial charge in [-0.2, -0.15) is 0 Å². The van der Waals surface area contributed by atoms with Crippen molar-refractivity contribution in [3.8, 4) is 11.5 Å². The van der Waals surface area contributed by atoms with Crippen LogP contribution in [0.15, 0.2) is 18.2 Å². The van der Waals surface area contributed by atoms with Crippen LogP contribution >= 0.6 is 0 Å². The predicted octanol–water partition coefficient (Wildman–Crippen LogP) is 1.96. The molecule has 1 N–H and O–H groups in total. The minimum atomic E-state index is -3.33. The van der Waals surface area contributed by atoms with Gasteiger partial charge in [0.1, 0.15) is 0 Å². The summed E-state index contributed by atoms with van der Waals surface area (Å²) in [6.45, 7) is 3.69. The van der Waals surface area contributed by atoms with Crippen molar-refractivity contribution in [3.63, 3.8) is 0 Å². The number of hydrogen-bond donors (Lipinski definition) is 1. The Morgan fingerprint density at radius 3 is 2.76 bits per heavy atom. The summed E-state index contributed by atoms with van der Waals surface area (Å²) in [6, 6.07) is 4.98. The van der Waals surface area contributed by atoms with E-state index in [0.29, 0.717) is 23.6 Å². The molecule has 1 heterocycles. The molecule has 1 aromatic carbocycles. The normalized spacial score (nSPS) is 15.6. The number of sulfonamides is 1. The van der Waals surface area contributed by atoms with Gasteiger partial charge >= 0.3 is 0 Å². The molecule has 0 amide bonds. The zero-order chi connectivity index (χ0) is 12.5. The molecule has 0 fully saturated rings. The molecule has 0 saturated heterocycles. The molecule has 1 aliphatic heterocycles. The van der Waals surface area contributed by atoms with E-state index in [0.717, 1.165) is 0 Å². The monoisotopic (exact) mass is 257 g/mol. The van der Waals surface area contributed by atoms with Crippen LogP contribution in [0.25, 0.3) is 0 Å². The van der Waals surface area contributed by atoms with Crippen molar-refractivity contribution in [2.24, 2.45) is 0 Å². The highest BCUT2D eigenvalue weighted by Crippen LogP contribution is 2.34. The van der Waals surface area contributed by atoms with E-state index in [2.05, 4.69) is 4.72 Å². The standard InChI is InChI=1S/C11H15NO4S/c1-3-8(2)17(13,14)12-9-4-5-10-11(6-9)16-7-15-10/h4-6,8,12H,3,7H2,1-2H3. The number of hydrogen-bond acceptors (Lipinski definition) is 4. The molecular formula is C11H15NO4S. The van der Waals surface area contributed by atoms with Crippen LogP contribution in [0.1, 0.15) is 20.3 Å². The lowest BCUT2D eigenvalue weighted by Crippen LogP contribution is -2.24. The van der Waals surface area contributed by atoms with E-state index in [9.17, 15) is 8.42 Å². The molecule has 0 spiro atoms. The van der Waals surface area contributed by atoms with Gasteiger partial charge in [-0.05, 0) is 25.5 Å². The third kappa shape index (κ3) is 2.46. The van der Waals surface area contributed by atoms with Crippen LogP contribution in [0.5, 0.6) is 11.5 Å². The van der Waals surface area contributed by atoms with Crippen LogP contribution in [-0.2, 0) is 10.0 Å². The van der Waals surface area contributed by atoms with E-state index >= 15 is 0 Å². The van der Waals surface area contributed by atoms with Crippen molar-refractivity contribution in [3.05, 3.63) is 18.2 Å². The van der Waals surface area contributed by atoms with E-state index in [-0.39, 0.29) is 6.79 Å². The molecule has 1 aliphatic rings. The molecule has 17 heavy (non-hydrogen) atoms. The molecule has 0 bridgehead atoms. The van der Waals surface area contributed by atoms with Gasteiger partial charge in [-0.1, -0.05) is 6.92 Å². The lowest BCUT2D eigenvalue weighted by molar-refractivity contribution is 0.174. The smallest absolute Gasteiger partial charge is 0.235 e. The third-order valence-electron chi connectivity index (χ3n) is 2.74. The lowest BCUT2D eigenvalue weighted by atomic mass is 10.3. The van der Waals surface area contributed by atoms with Crippen molar-refractivity contribution >= 4 is 15.7 Å². The zero-order valence-electron chi connectivity index (χ0n) is 9.76. The molecule has 2 rings (SSSR count). The van der Waals surface area contributed by atoms with E-state index in [1.807, 2.05) is 6.92 Å². The Labute approximate surface area is 101 Å². The number of anilines is 1. The topological polar surface area (TPSA) is 64.6 Å². The van der Waals surface area contributed by atoms with Gasteiger partial charge in [-0.3, -0.25) is 4.72 Å². The quantitative estimate of drug-likeness (QED) is 0.895. The van der Waals surface area contributed by atoms with E-state index in [1.165, 1.54) is 0 Å². The fraction of sp³-hybridized carbons (Fsp3) is 0.455. The molecule has 1 unspecified atom stereocenters. The third-order valence-corrected chi connectivity index (χ3v) is 4.65. The molecule has 94 valence electrons. The van der Waals surface area contributed by atoms with Crippen LogP contribution in [0.4, 0.5) is 5.69 Å². The van der Waals surface area contributed by atoms with Crippen LogP contribution in [0.3, 0.4) is 0 Å². The maximum Gasteiger partial charge on any atom is 0.235 e. The molecule has 0 aliphatic carbocycles. The number of nitrogens with one attached hydrogen (secondary N) is 1. The number of ether oxygens (including phenoxy) is 2. The number of rotatable bonds is 4. The molecule has 6 heteroatoms. The lowest BCUT2D eigenvalue weighted by Gasteiger charge is -2.13. The van der Waals surface area contributed by atoms with Gasteiger partial charge in [-0.25, -0.2) is 8.42 Å². The first-order valence-electron chi connectivity index (χ1n) is 5.44. The second kappa shape index (κ2) is 4.44. The first kappa shape index (κ1) is 12.0. The van der Waals surface area contributed by atoms with Gasteiger partial charge in [0.05, 0.1) is 10.9 Å². The van der Waals surface area contributed by atoms with Gasteiger partial charge in [0, 0.05) is 6.07 Å². The first-order valence-corrected chi connectivity index (χ1v) is 6.99. The van der Waals surface area contributed by atoms with Crippen molar-refractivity contribution < 1.29 is 17.9 Å². The fourth-order valence-electron chi connectivity index (χ4n) is 1.44. The van der Waals surface area contributed by atoms with E-state index in [1.54, 1.807) is 25.1 Å². The summed E-state index contributed by atoms with van der Waals surface area (Å²) in [5, 5.41) is -0.423. The Morgan fingerprint density at radius 1 is 1.35 bits per heavy atom. The van der Waals surface area contributed by atoms with Crippen LogP contribution in [0.2, 0.25) is 0 Å². The van der Waals surface area contributed by atoms with Gasteiger partial charge in [0.15, 0.2) is 11.5 Å². The minimum absolute atomic E-state index is 0.177. The second-order valence-corrected chi connectivity index (χ2v) is 6.03. The van der Waals surface area contributed by atoms with Crippen molar-refractivity contribution in [2.75, 3.05) is 11.5 Å². The minimum Gasteiger partial charge on any atom is -0.454 e. The predicted molar refractivity (Wildman–Crippen MR) is 64.9 cm³/mol. The maximum atomic E-state index is 11.8. The van der Waals surface area contributed by atoms with E-state index < -0.39 is 15.3 Å². The summed E-state index contributed by atoms with van der Waals surface area (Å²) in [4.78, 5) is 0. The average Bonchev–Trinajstić information content (AvgIpc) is 2.74. The first-order chi connectivity index (χ1) is 8.03. The molecule has 1 aromatic rings. The van der Waals surface area contributed by atoms with Crippen molar-refractivity contribution in [2.45, 2.75) is 25.5 Å². The van der Waals surface area contributed by atoms with Crippen molar-refractivity contribution in [1.29, 1.82) is 0 Å². The summed E-state index contributed by atoms with van der Waals surface area (Å²) in [7, 11) is -3.33. The molecule has 0 saturated carbocycles. The maximum absolute atomic E-state index is 11.8. The van der Waals surface area contributed by atoms with Gasteiger partial charge in [0.2, 0.25) is 16.8 Å². The Balaban J connectivity index is 2.20. The Hall–Kier alpha value is -1.43. The summed E-state index contributed by atoms with van der Waals surface area (Å²) in [5.74, 6) is 1.20. The van der Waals surface area contributed by atoms with Gasteiger partial charge < -0.3 is 9.47 Å². The Bertz CT molecular complexity index is 512. The molecule has 1 atom stereocenters. The molecule has 5 nitrogen and oxygen atoms in total. The highest BCUT2D eigenvalue weighted by atomic mass is 32.2. The van der Waals surface area contributed by atoms with Crippen LogP contribution < -0.4 is 14.2 Å². The molecular weight excluding hydrogens is 242 g/mol. The highest BCUT2D eigenvalue weighted by Gasteiger charge is 2.20. The number of fused-ring (bicyclic) bond motifs is 1.